The van der Waals surface area contributed by atoms with Crippen LogP contribution < -0.4 is 0 Å². The molecule has 0 aliphatic rings. The summed E-state index contributed by atoms with van der Waals surface area (Å²) in [5.41, 5.74) is 5.53. The van der Waals surface area contributed by atoms with Crippen molar-refractivity contribution in [1.82, 2.24) is 96.1 Å². The minimum atomic E-state index is 0. The molecule has 0 atom stereocenters. The molecule has 0 unspecified atom stereocenters. The summed E-state index contributed by atoms with van der Waals surface area (Å²) < 4.78 is 0. The lowest BCUT2D eigenvalue weighted by Gasteiger charge is -2.00. The summed E-state index contributed by atoms with van der Waals surface area (Å²) in [6.07, 6.45) is 25.3. The van der Waals surface area contributed by atoms with Crippen molar-refractivity contribution < 1.29 is 0 Å². The largest absolute Gasteiger partial charge is 0.245 e. The fourth-order valence-electron chi connectivity index (χ4n) is 4.69. The van der Waals surface area contributed by atoms with E-state index in [9.17, 15) is 0 Å². The number of rotatable bonds is 8. The van der Waals surface area contributed by atoms with Crippen molar-refractivity contribution in [3.63, 3.8) is 0 Å². The van der Waals surface area contributed by atoms with Crippen LogP contribution in [-0.4, -0.2) is 96.1 Å². The number of hydrogen-bond acceptors (Lipinski definition) is 19. The van der Waals surface area contributed by atoms with Crippen LogP contribution in [0.3, 0.4) is 0 Å². The molecule has 8 rings (SSSR count). The molecule has 0 aliphatic carbocycles. The molecule has 0 radical (unpaired) electrons. The molecular formula is C71H133N19. The van der Waals surface area contributed by atoms with Crippen molar-refractivity contribution in [1.29, 1.82) is 0 Å². The van der Waals surface area contributed by atoms with Crippen molar-refractivity contribution in [2.24, 2.45) is 0 Å². The first kappa shape index (κ1) is 104. The van der Waals surface area contributed by atoms with Gasteiger partial charge in [-0.2, -0.15) is 45.9 Å². The average Bonchev–Trinajstić information content (AvgIpc) is 3.67. The van der Waals surface area contributed by atoms with Crippen molar-refractivity contribution in [2.75, 3.05) is 0 Å². The quantitative estimate of drug-likeness (QED) is 0.137. The van der Waals surface area contributed by atoms with E-state index < -0.39 is 0 Å². The molecule has 0 aliphatic heterocycles. The van der Waals surface area contributed by atoms with Crippen molar-refractivity contribution in [3.8, 4) is 0 Å². The van der Waals surface area contributed by atoms with Gasteiger partial charge in [-0.05, 0) is 77.1 Å². The van der Waals surface area contributed by atoms with Gasteiger partial charge >= 0.3 is 0 Å². The Morgan fingerprint density at radius 3 is 0.789 bits per heavy atom. The fourth-order valence-corrected chi connectivity index (χ4v) is 4.69. The van der Waals surface area contributed by atoms with Crippen LogP contribution in [0.1, 0.15) is 329 Å². The number of nitrogens with zero attached hydrogens (tertiary/aromatic N) is 19. The zero-order valence-electron chi connectivity index (χ0n) is 61.2. The molecule has 90 heavy (non-hydrogen) atoms. The van der Waals surface area contributed by atoms with E-state index in [-0.39, 0.29) is 14.9 Å². The lowest BCUT2D eigenvalue weighted by molar-refractivity contribution is 0.735. The molecule has 8 aromatic rings. The number of aromatic nitrogens is 19. The second-order valence-corrected chi connectivity index (χ2v) is 18.0. The minimum Gasteiger partial charge on any atom is -0.245 e. The van der Waals surface area contributed by atoms with Crippen molar-refractivity contribution in [3.05, 3.63) is 175 Å². The standard InChI is InChI=1S/5C7H10N2.3C6H9N3.8C2H6.2CH4/c1-6(2)7-3-8-5-9-4-7;1-6(2)7-3-4-8-9-5-7;1-6(2)7-8-4-3-5-9-7;2*1-6(2)7-4-3-5-8-9-7;1-5(2)6-3-8-9-4-7-6;2*1-5(2)6-7-3-4-8-9-6;8*1-2;;/h5*3-6H,1-2H3;3*3-5H,1-2H3;8*1-2H3;2*1H4. The van der Waals surface area contributed by atoms with Gasteiger partial charge in [0.25, 0.3) is 0 Å². The third-order valence-electron chi connectivity index (χ3n) is 9.13. The van der Waals surface area contributed by atoms with Crippen molar-refractivity contribution in [2.45, 2.75) is 284 Å². The molecule has 0 fully saturated rings. The first-order chi connectivity index (χ1) is 42.4. The van der Waals surface area contributed by atoms with E-state index in [0.717, 1.165) is 34.6 Å². The predicted octanol–water partition coefficient (Wildman–Crippen LogP) is 20.5. The Bertz CT molecular complexity index is 1890. The van der Waals surface area contributed by atoms with E-state index in [0.29, 0.717) is 47.3 Å². The molecule has 0 saturated carbocycles. The SMILES string of the molecule is C.C.CC.CC.CC.CC.CC.CC.CC.CC.CC(C)c1cccnn1.CC(C)c1cccnn1.CC(C)c1ccnnc1.CC(C)c1cncnc1.CC(C)c1cnncn1.CC(C)c1ncccn1.CC(C)c1nccnn1.CC(C)c1nccnn1. The summed E-state index contributed by atoms with van der Waals surface area (Å²) >= 11 is 0. The molecule has 0 N–H and O–H groups in total. The van der Waals surface area contributed by atoms with E-state index in [2.05, 4.69) is 179 Å². The van der Waals surface area contributed by atoms with Gasteiger partial charge in [0.05, 0.1) is 41.9 Å². The Balaban J connectivity index is -0.0000000980. The molecular weight excluding hydrogens is 1120 g/mol. The highest BCUT2D eigenvalue weighted by molar-refractivity contribution is 5.10. The molecule has 0 spiro atoms. The van der Waals surface area contributed by atoms with Crippen LogP contribution in [-0.2, 0) is 0 Å². The van der Waals surface area contributed by atoms with E-state index in [1.54, 1.807) is 74.5 Å². The van der Waals surface area contributed by atoms with E-state index >= 15 is 0 Å². The lowest BCUT2D eigenvalue weighted by atomic mass is 10.1. The summed E-state index contributed by atoms with van der Waals surface area (Å²) in [6.45, 7) is 65.4. The molecule has 512 valence electrons. The van der Waals surface area contributed by atoms with Gasteiger partial charge in [-0.25, -0.2) is 34.9 Å². The molecule has 0 aromatic carbocycles. The van der Waals surface area contributed by atoms with Crippen molar-refractivity contribution >= 4 is 0 Å². The molecule has 19 nitrogen and oxygen atoms in total. The Labute approximate surface area is 552 Å². The summed E-state index contributed by atoms with van der Waals surface area (Å²) in [7, 11) is 0. The highest BCUT2D eigenvalue weighted by atomic mass is 15.1. The van der Waals surface area contributed by atoms with Crippen LogP contribution in [0.15, 0.2) is 130 Å². The zero-order chi connectivity index (χ0) is 69.5. The second-order valence-electron chi connectivity index (χ2n) is 18.0. The van der Waals surface area contributed by atoms with Gasteiger partial charge in [0.15, 0.2) is 11.6 Å². The second kappa shape index (κ2) is 81.4. The Morgan fingerprint density at radius 1 is 0.233 bits per heavy atom. The maximum absolute atomic E-state index is 4.07. The van der Waals surface area contributed by atoms with Gasteiger partial charge in [0.2, 0.25) is 0 Å². The first-order valence-corrected chi connectivity index (χ1v) is 32.2. The third kappa shape index (κ3) is 64.9. The van der Waals surface area contributed by atoms with Crippen LogP contribution >= 0.6 is 0 Å². The monoisotopic (exact) mass is 1250 g/mol. The van der Waals surface area contributed by atoms with Gasteiger partial charge < -0.3 is 0 Å². The van der Waals surface area contributed by atoms with E-state index in [1.807, 2.05) is 187 Å². The molecule has 8 aromatic heterocycles. The zero-order valence-corrected chi connectivity index (χ0v) is 61.2. The van der Waals surface area contributed by atoms with Gasteiger partial charge in [-0.1, -0.05) is 236 Å². The summed E-state index contributed by atoms with van der Waals surface area (Å²) in [5, 5.41) is 45.1. The van der Waals surface area contributed by atoms with Crippen LogP contribution in [0, 0.1) is 0 Å². The van der Waals surface area contributed by atoms with E-state index in [4.69, 9.17) is 0 Å². The van der Waals surface area contributed by atoms with Crippen LogP contribution in [0.2, 0.25) is 0 Å². The molecule has 0 bridgehead atoms. The van der Waals surface area contributed by atoms with Crippen LogP contribution in [0.4, 0.5) is 0 Å². The number of hydrogen-bond donors (Lipinski definition) is 0. The Kier molecular flexibility index (Phi) is 94.3. The van der Waals surface area contributed by atoms with Gasteiger partial charge in [-0.15, -0.1) is 15.3 Å². The summed E-state index contributed by atoms with van der Waals surface area (Å²) in [6, 6.07) is 11.6. The summed E-state index contributed by atoms with van der Waals surface area (Å²) in [4.78, 5) is 27.9. The van der Waals surface area contributed by atoms with E-state index in [1.165, 1.54) is 17.5 Å². The summed E-state index contributed by atoms with van der Waals surface area (Å²) in [5.74, 6) is 6.21. The fraction of sp³-hybridized carbons (Fsp3) is 0.592. The predicted molar refractivity (Wildman–Crippen MR) is 387 cm³/mol. The maximum Gasteiger partial charge on any atom is 0.153 e. The highest BCUT2D eigenvalue weighted by Gasteiger charge is 2.02. The third-order valence-corrected chi connectivity index (χ3v) is 9.13. The molecule has 8 heterocycles. The van der Waals surface area contributed by atoms with Gasteiger partial charge in [0, 0.05) is 73.5 Å². The highest BCUT2D eigenvalue weighted by Crippen LogP contribution is 2.12. The smallest absolute Gasteiger partial charge is 0.153 e. The Hall–Kier alpha value is -7.57. The van der Waals surface area contributed by atoms with Crippen LogP contribution in [0.5, 0.6) is 0 Å². The topological polar surface area (TPSA) is 245 Å². The molecule has 0 amide bonds. The van der Waals surface area contributed by atoms with Gasteiger partial charge in [-0.3, -0.25) is 0 Å². The van der Waals surface area contributed by atoms with Gasteiger partial charge in [0.1, 0.15) is 18.5 Å². The average molecular weight is 1250 g/mol. The molecule has 19 heteroatoms. The maximum atomic E-state index is 4.07. The molecule has 0 saturated heterocycles. The lowest BCUT2D eigenvalue weighted by Crippen LogP contribution is -1.96. The normalized spacial score (nSPS) is 8.62. The van der Waals surface area contributed by atoms with Crippen LogP contribution in [0.25, 0.3) is 0 Å². The minimum absolute atomic E-state index is 0. The Morgan fingerprint density at radius 2 is 0.589 bits per heavy atom. The first-order valence-electron chi connectivity index (χ1n) is 32.2.